The lowest BCUT2D eigenvalue weighted by Crippen LogP contribution is -3.00. The summed E-state index contributed by atoms with van der Waals surface area (Å²) in [6.07, 6.45) is 12.8. The zero-order valence-electron chi connectivity index (χ0n) is 23.6. The lowest BCUT2D eigenvalue weighted by Gasteiger charge is -2.26. The summed E-state index contributed by atoms with van der Waals surface area (Å²) in [5, 5.41) is 10.5. The first-order chi connectivity index (χ1) is 17.8. The number of ether oxygens (including phenoxy) is 2. The largest absolute Gasteiger partial charge is 1.00 e. The van der Waals surface area contributed by atoms with Crippen molar-refractivity contribution in [1.82, 2.24) is 0 Å². The molecule has 2 rings (SSSR count). The molecule has 0 saturated heterocycles. The number of rotatable bonds is 16. The summed E-state index contributed by atoms with van der Waals surface area (Å²) < 4.78 is 12.9. The lowest BCUT2D eigenvalue weighted by molar-refractivity contribution is -0.697. The molecule has 0 radical (unpaired) electrons. The van der Waals surface area contributed by atoms with E-state index in [-0.39, 0.29) is 53.6 Å². The number of hydrogen-bond acceptors (Lipinski definition) is 5. The minimum absolute atomic E-state index is 0. The highest BCUT2D eigenvalue weighted by molar-refractivity contribution is 5.99. The molecule has 10 heteroatoms. The number of unbranched alkanes of at least 4 members (excludes halogenated alkanes) is 7. The maximum atomic E-state index is 13.0. The van der Waals surface area contributed by atoms with Gasteiger partial charge in [0, 0.05) is 38.3 Å². The van der Waals surface area contributed by atoms with Gasteiger partial charge in [0.2, 0.25) is 0 Å². The number of allylic oxidation sites excluding steroid dienone is 2. The predicted octanol–water partition coefficient (Wildman–Crippen LogP) is -2.09. The third kappa shape index (κ3) is 11.9. The molecule has 1 aliphatic rings. The SMILES string of the molecule is CCOC(=O)C1=C(C)[NH2+]C(C)=C(C(=O)OCC)C1c1ccc[n+](CCCCCCCCCCC(=O)O)c1.[Br-].[Br-]. The van der Waals surface area contributed by atoms with Crippen molar-refractivity contribution in [2.24, 2.45) is 0 Å². The first kappa shape index (κ1) is 37.0. The number of hydrogen-bond donors (Lipinski definition) is 2. The van der Waals surface area contributed by atoms with Crippen molar-refractivity contribution in [2.45, 2.75) is 97.9 Å². The van der Waals surface area contributed by atoms with Gasteiger partial charge in [0.25, 0.3) is 0 Å². The second-order valence-corrected chi connectivity index (χ2v) is 9.56. The Morgan fingerprint density at radius 3 is 1.82 bits per heavy atom. The molecular weight excluding hydrogens is 632 g/mol. The average Bonchev–Trinajstić information content (AvgIpc) is 2.84. The maximum absolute atomic E-state index is 13.0. The number of aliphatic carboxylic acids is 1. The number of pyridine rings is 1. The van der Waals surface area contributed by atoms with Crippen molar-refractivity contribution in [3.8, 4) is 0 Å². The van der Waals surface area contributed by atoms with E-state index >= 15 is 0 Å². The van der Waals surface area contributed by atoms with E-state index in [4.69, 9.17) is 14.6 Å². The molecule has 0 aliphatic carbocycles. The molecule has 8 nitrogen and oxygen atoms in total. The van der Waals surface area contributed by atoms with E-state index in [1.807, 2.05) is 43.7 Å². The van der Waals surface area contributed by atoms with E-state index in [1.54, 1.807) is 13.8 Å². The van der Waals surface area contributed by atoms with E-state index in [9.17, 15) is 14.4 Å². The minimum Gasteiger partial charge on any atom is -1.00 e. The zero-order valence-corrected chi connectivity index (χ0v) is 26.8. The van der Waals surface area contributed by atoms with Gasteiger partial charge >= 0.3 is 17.9 Å². The molecule has 0 aromatic carbocycles. The van der Waals surface area contributed by atoms with Gasteiger partial charge in [-0.2, -0.15) is 0 Å². The Labute approximate surface area is 253 Å². The summed E-state index contributed by atoms with van der Waals surface area (Å²) in [6, 6.07) is 3.91. The number of carbonyl (C=O) groups is 3. The lowest BCUT2D eigenvalue weighted by atomic mass is 9.81. The highest BCUT2D eigenvalue weighted by Gasteiger charge is 2.41. The van der Waals surface area contributed by atoms with Crippen LogP contribution in [0.2, 0.25) is 0 Å². The fraction of sp³-hybridized carbons (Fsp3) is 0.586. The molecule has 0 atom stereocenters. The quantitative estimate of drug-likeness (QED) is 0.118. The number of carbonyl (C=O) groups excluding carboxylic acids is 2. The molecule has 0 unspecified atom stereocenters. The Bertz CT molecular complexity index is 969. The van der Waals surface area contributed by atoms with Gasteiger partial charge in [-0.3, -0.25) is 10.1 Å². The summed E-state index contributed by atoms with van der Waals surface area (Å²) in [5.74, 6) is -2.07. The topological polar surface area (TPSA) is 110 Å². The molecule has 1 aromatic rings. The van der Waals surface area contributed by atoms with Crippen LogP contribution in [0.15, 0.2) is 47.1 Å². The monoisotopic (exact) mass is 674 g/mol. The number of esters is 2. The van der Waals surface area contributed by atoms with Gasteiger partial charge in [0.15, 0.2) is 12.4 Å². The third-order valence-corrected chi connectivity index (χ3v) is 6.62. The van der Waals surface area contributed by atoms with Crippen LogP contribution in [0, 0.1) is 0 Å². The van der Waals surface area contributed by atoms with Gasteiger partial charge in [0.1, 0.15) is 29.1 Å². The molecule has 0 fully saturated rings. The van der Waals surface area contributed by atoms with Crippen LogP contribution in [0.4, 0.5) is 0 Å². The number of nitrogens with two attached hydrogens (primary N) is 1. The fourth-order valence-electron chi connectivity index (χ4n) is 4.87. The Kier molecular flexibility index (Phi) is 18.9. The Morgan fingerprint density at radius 1 is 0.846 bits per heavy atom. The van der Waals surface area contributed by atoms with E-state index < -0.39 is 23.8 Å². The van der Waals surface area contributed by atoms with Crippen molar-refractivity contribution in [3.63, 3.8) is 0 Å². The molecule has 0 bridgehead atoms. The summed E-state index contributed by atoms with van der Waals surface area (Å²) in [4.78, 5) is 36.5. The molecule has 1 aromatic heterocycles. The number of carboxylic acids is 1. The van der Waals surface area contributed by atoms with Crippen LogP contribution in [0.1, 0.15) is 97.0 Å². The van der Waals surface area contributed by atoms with Gasteiger partial charge < -0.3 is 48.5 Å². The Balaban J connectivity index is 0.00000722. The average molecular weight is 676 g/mol. The molecule has 2 heterocycles. The van der Waals surface area contributed by atoms with Crippen LogP contribution in [-0.4, -0.2) is 36.2 Å². The number of nitrogens with zero attached hydrogens (tertiary/aromatic N) is 1. The highest BCUT2D eigenvalue weighted by Crippen LogP contribution is 2.36. The van der Waals surface area contributed by atoms with Crippen LogP contribution in [-0.2, 0) is 30.4 Å². The van der Waals surface area contributed by atoms with Gasteiger partial charge in [-0.1, -0.05) is 32.1 Å². The van der Waals surface area contributed by atoms with Crippen LogP contribution >= 0.6 is 0 Å². The van der Waals surface area contributed by atoms with Gasteiger partial charge in [-0.15, -0.1) is 0 Å². The Hall–Kier alpha value is -2.04. The maximum Gasteiger partial charge on any atom is 0.340 e. The number of aryl methyl sites for hydroxylation is 1. The highest BCUT2D eigenvalue weighted by atomic mass is 79.9. The molecule has 39 heavy (non-hydrogen) atoms. The van der Waals surface area contributed by atoms with Crippen molar-refractivity contribution in [3.05, 3.63) is 52.6 Å². The smallest absolute Gasteiger partial charge is 0.340 e. The van der Waals surface area contributed by atoms with Crippen LogP contribution < -0.4 is 43.8 Å². The van der Waals surface area contributed by atoms with E-state index in [2.05, 4.69) is 4.57 Å². The number of quaternary nitrogens is 1. The molecule has 0 saturated carbocycles. The Morgan fingerprint density at radius 2 is 1.33 bits per heavy atom. The molecule has 0 spiro atoms. The standard InChI is InChI=1S/C29H42N2O6.2BrH/c1-5-36-28(34)25-21(3)30-22(4)26(29(35)37-6-2)27(25)23-16-15-19-31(20-23)18-14-12-10-8-7-9-11-13-17-24(32)33;;/h15-16,19-20,27H,5-14,17-18H2,1-4H3,(H-,30,32,33,34,35);2*1H. The normalized spacial score (nSPS) is 13.4. The summed E-state index contributed by atoms with van der Waals surface area (Å²) in [7, 11) is 0. The van der Waals surface area contributed by atoms with Crippen LogP contribution in [0.3, 0.4) is 0 Å². The van der Waals surface area contributed by atoms with E-state index in [0.29, 0.717) is 11.1 Å². The zero-order chi connectivity index (χ0) is 27.2. The number of halogens is 2. The number of aromatic nitrogens is 1. The number of carboxylic acid groups (broad SMARTS) is 1. The van der Waals surface area contributed by atoms with Gasteiger partial charge in [-0.05, 0) is 32.8 Å². The predicted molar refractivity (Wildman–Crippen MR) is 139 cm³/mol. The van der Waals surface area contributed by atoms with Crippen molar-refractivity contribution < 1.29 is 72.8 Å². The van der Waals surface area contributed by atoms with Crippen LogP contribution in [0.5, 0.6) is 0 Å². The fourth-order valence-corrected chi connectivity index (χ4v) is 4.87. The first-order valence-corrected chi connectivity index (χ1v) is 13.6. The molecule has 220 valence electrons. The van der Waals surface area contributed by atoms with Crippen LogP contribution in [0.25, 0.3) is 0 Å². The van der Waals surface area contributed by atoms with Crippen molar-refractivity contribution >= 4 is 17.9 Å². The molecule has 0 amide bonds. The van der Waals surface area contributed by atoms with Gasteiger partial charge in [0.05, 0.1) is 19.1 Å². The molecule has 3 N–H and O–H groups in total. The van der Waals surface area contributed by atoms with E-state index in [1.165, 1.54) is 0 Å². The second-order valence-electron chi connectivity index (χ2n) is 9.56. The summed E-state index contributed by atoms with van der Waals surface area (Å²) in [5.41, 5.74) is 3.43. The van der Waals surface area contributed by atoms with Gasteiger partial charge in [-0.25, -0.2) is 14.2 Å². The summed E-state index contributed by atoms with van der Waals surface area (Å²) in [6.45, 7) is 8.69. The third-order valence-electron chi connectivity index (χ3n) is 6.62. The first-order valence-electron chi connectivity index (χ1n) is 13.6. The second kappa shape index (κ2) is 19.9. The van der Waals surface area contributed by atoms with Crippen molar-refractivity contribution in [1.29, 1.82) is 0 Å². The van der Waals surface area contributed by atoms with Crippen molar-refractivity contribution in [2.75, 3.05) is 13.2 Å². The summed E-state index contributed by atoms with van der Waals surface area (Å²) >= 11 is 0. The minimum atomic E-state index is -0.713. The molecule has 1 aliphatic heterocycles. The molecular formula is C29H44Br2N2O6. The van der Waals surface area contributed by atoms with E-state index in [0.717, 1.165) is 74.9 Å².